The molecule has 0 aromatic carbocycles. The van der Waals surface area contributed by atoms with E-state index in [9.17, 15) is 58.1 Å². The number of aliphatic hydroxyl groups excluding tert-OH is 2. The van der Waals surface area contributed by atoms with Crippen molar-refractivity contribution in [3.8, 4) is 0 Å². The highest BCUT2D eigenvalue weighted by molar-refractivity contribution is 7.69. The van der Waals surface area contributed by atoms with Crippen molar-refractivity contribution < 1.29 is 94.9 Å². The smallest absolute Gasteiger partial charge is 0.464 e. The van der Waals surface area contributed by atoms with Crippen LogP contribution >= 0.6 is 31.3 Å². The number of imide groups is 1. The first-order chi connectivity index (χ1) is 19.5. The summed E-state index contributed by atoms with van der Waals surface area (Å²) in [6.45, 7) is 0.211. The van der Waals surface area contributed by atoms with Gasteiger partial charge in [0.25, 0.3) is 0 Å². The van der Waals surface area contributed by atoms with Gasteiger partial charge in [0.15, 0.2) is 22.7 Å². The van der Waals surface area contributed by atoms with Crippen LogP contribution in [0, 0.1) is 0 Å². The van der Waals surface area contributed by atoms with Gasteiger partial charge in [-0.1, -0.05) is 6.92 Å². The van der Waals surface area contributed by atoms with Gasteiger partial charge in [-0.25, -0.2) is 42.8 Å². The van der Waals surface area contributed by atoms with Crippen molar-refractivity contribution in [1.82, 2.24) is 19.5 Å². The minimum Gasteiger partial charge on any atom is -0.464 e. The molecule has 242 valence electrons. The zero-order valence-electron chi connectivity index (χ0n) is 20.8. The van der Waals surface area contributed by atoms with Crippen LogP contribution in [0.1, 0.15) is 13.3 Å². The predicted octanol–water partition coefficient (Wildman–Crippen LogP) is -0.368. The van der Waals surface area contributed by atoms with E-state index in [4.69, 9.17) is 19.4 Å². The van der Waals surface area contributed by atoms with Crippen molar-refractivity contribution >= 4 is 60.5 Å². The number of phosphoric ester groups is 1. The fourth-order valence-corrected chi connectivity index (χ4v) is 8.27. The van der Waals surface area contributed by atoms with Crippen LogP contribution in [-0.2, 0) is 46.2 Å². The molecule has 1 aliphatic heterocycles. The molecule has 3 heterocycles. The summed E-state index contributed by atoms with van der Waals surface area (Å²) < 4.78 is 67.8. The summed E-state index contributed by atoms with van der Waals surface area (Å²) in [5.41, 5.74) is -2.74. The maximum atomic E-state index is 12.2. The van der Waals surface area contributed by atoms with Crippen molar-refractivity contribution in [2.24, 2.45) is 0 Å². The number of rotatable bonds is 12. The summed E-state index contributed by atoms with van der Waals surface area (Å²) >= 11 is 0. The largest absolute Gasteiger partial charge is 0.490 e. The Morgan fingerprint density at radius 2 is 1.51 bits per heavy atom. The zero-order chi connectivity index (χ0) is 32.8. The Bertz CT molecular complexity index is 1580. The lowest BCUT2D eigenvalue weighted by Gasteiger charge is -2.32. The van der Waals surface area contributed by atoms with E-state index in [1.165, 1.54) is 6.92 Å². The predicted molar refractivity (Wildman–Crippen MR) is 130 cm³/mol. The fourth-order valence-electron chi connectivity index (χ4n) is 3.81. The molecule has 0 spiro atoms. The molecule has 0 saturated carbocycles. The topological polar surface area (TPSA) is 377 Å². The van der Waals surface area contributed by atoms with Crippen LogP contribution in [-0.4, -0.2) is 102 Å². The lowest BCUT2D eigenvalue weighted by Crippen LogP contribution is -2.45. The van der Waals surface area contributed by atoms with Gasteiger partial charge in [-0.05, 0) is 6.42 Å². The van der Waals surface area contributed by atoms with E-state index in [0.717, 1.165) is 17.2 Å². The Labute approximate surface area is 236 Å². The molecule has 25 nitrogen and oxygen atoms in total. The monoisotopic (exact) mass is 703 g/mol. The van der Waals surface area contributed by atoms with Gasteiger partial charge in [-0.15, -0.1) is 0 Å². The number of aliphatic hydroxyl groups is 2. The number of fused-ring (bicyclic) bond motifs is 1. The third-order valence-corrected chi connectivity index (χ3v) is 10.8. The van der Waals surface area contributed by atoms with Gasteiger partial charge in [-0.2, -0.15) is 17.8 Å². The van der Waals surface area contributed by atoms with Gasteiger partial charge in [-0.3, -0.25) is 9.09 Å². The van der Waals surface area contributed by atoms with Crippen LogP contribution in [0.25, 0.3) is 11.2 Å². The molecule has 2 aromatic heterocycles. The first kappa shape index (κ1) is 35.2. The number of carboxylic acid groups (broad SMARTS) is 2. The molecule has 7 atom stereocenters. The van der Waals surface area contributed by atoms with E-state index in [0.29, 0.717) is 0 Å². The minimum absolute atomic E-state index is 0.173. The highest BCUT2D eigenvalue weighted by Gasteiger charge is 2.56. The molecular weight excluding hydrogens is 682 g/mol. The highest BCUT2D eigenvalue weighted by atomic mass is 31.3. The second-order valence-corrected chi connectivity index (χ2v) is 14.1. The van der Waals surface area contributed by atoms with Gasteiger partial charge >= 0.3 is 43.5 Å². The van der Waals surface area contributed by atoms with E-state index in [-0.39, 0.29) is 17.0 Å². The molecular formula is C14H21N5O20P4. The maximum Gasteiger partial charge on any atom is 0.490 e. The average Bonchev–Trinajstić information content (AvgIpc) is 3.35. The molecule has 0 bridgehead atoms. The number of carbonyl (C=O) groups is 2. The Hall–Kier alpha value is -2.27. The van der Waals surface area contributed by atoms with Crippen LogP contribution in [0.3, 0.4) is 0 Å². The third kappa shape index (κ3) is 7.88. The fraction of sp³-hybridized carbons (Fsp3) is 0.500. The van der Waals surface area contributed by atoms with Gasteiger partial charge in [0, 0.05) is 0 Å². The van der Waals surface area contributed by atoms with Crippen molar-refractivity contribution in [3.63, 3.8) is 0 Å². The summed E-state index contributed by atoms with van der Waals surface area (Å²) in [5, 5.41) is 40.0. The van der Waals surface area contributed by atoms with E-state index in [1.807, 2.05) is 0 Å². The summed E-state index contributed by atoms with van der Waals surface area (Å²) in [5.74, 6) is -0.699. The molecule has 2 aromatic rings. The number of hydrogen-bond acceptors (Lipinski definition) is 16. The molecule has 9 N–H and O–H groups in total. The van der Waals surface area contributed by atoms with Crippen LogP contribution < -0.4 is 4.90 Å². The molecule has 0 radical (unpaired) electrons. The second kappa shape index (κ2) is 12.3. The molecule has 43 heavy (non-hydrogen) atoms. The molecule has 3 unspecified atom stereocenters. The number of hydrogen-bond donors (Lipinski definition) is 9. The number of aromatic nitrogens is 4. The first-order valence-electron chi connectivity index (χ1n) is 10.9. The molecule has 3 rings (SSSR count). The standard InChI is InChI=1S/C14H21N5O20P4/c1-2-14(18-5-17-7-10(18)15-4-16-11(7)19(12(22)23)13(24)25)9(21)8(20)6(36-14)3-35-41(29,30)38-43(33,34)39-42(31,32)37-40(26,27)28/h4-6,8-9,20-21H,2-3H2,1H3,(H,22,23)(H,24,25)(H,29,30)(H,31,32)(H,33,34)(H2,26,27,28)/t6-,8-,9-,14-/m1/s1. The van der Waals surface area contributed by atoms with Crippen molar-refractivity contribution in [2.45, 2.75) is 37.4 Å². The van der Waals surface area contributed by atoms with Crippen LogP contribution in [0.5, 0.6) is 0 Å². The van der Waals surface area contributed by atoms with Gasteiger partial charge in [0.05, 0.1) is 12.9 Å². The normalized spacial score (nSPS) is 26.8. The van der Waals surface area contributed by atoms with Gasteiger partial charge < -0.3 is 49.6 Å². The van der Waals surface area contributed by atoms with Crippen LogP contribution in [0.2, 0.25) is 0 Å². The molecule has 1 fully saturated rings. The SMILES string of the molecule is CC[C@@]1(n2cnc3c(N(C(=O)O)C(=O)O)ncnc32)O[C@H](COP(=O)(O)OP(=O)(O)OP(=O)(O)OP(=O)(O)O)[C@@H](O)[C@H]1O. The zero-order valence-corrected chi connectivity index (χ0v) is 24.4. The van der Waals surface area contributed by atoms with Crippen molar-refractivity contribution in [2.75, 3.05) is 11.5 Å². The Kier molecular flexibility index (Phi) is 10.0. The summed E-state index contributed by atoms with van der Waals surface area (Å²) in [7, 11) is -23.7. The average molecular weight is 703 g/mol. The Balaban J connectivity index is 1.84. The lowest BCUT2D eigenvalue weighted by molar-refractivity contribution is -0.147. The van der Waals surface area contributed by atoms with Crippen molar-refractivity contribution in [1.29, 1.82) is 0 Å². The maximum absolute atomic E-state index is 12.2. The van der Waals surface area contributed by atoms with E-state index in [1.54, 1.807) is 0 Å². The van der Waals surface area contributed by atoms with Crippen LogP contribution in [0.15, 0.2) is 12.7 Å². The quantitative estimate of drug-likeness (QED) is 0.127. The number of anilines is 1. The highest BCUT2D eigenvalue weighted by Crippen LogP contribution is 2.70. The summed E-state index contributed by atoms with van der Waals surface area (Å²) in [4.78, 5) is 79.5. The van der Waals surface area contributed by atoms with Gasteiger partial charge in [0.2, 0.25) is 0 Å². The number of amides is 2. The molecule has 29 heteroatoms. The second-order valence-electron chi connectivity index (χ2n) is 8.11. The molecule has 0 aliphatic carbocycles. The first-order valence-corrected chi connectivity index (χ1v) is 16.9. The summed E-state index contributed by atoms with van der Waals surface area (Å²) in [6, 6.07) is 0. The van der Waals surface area contributed by atoms with E-state index >= 15 is 0 Å². The Morgan fingerprint density at radius 3 is 2.05 bits per heavy atom. The summed E-state index contributed by atoms with van der Waals surface area (Å²) in [6.07, 6.45) is -8.06. The van der Waals surface area contributed by atoms with Crippen LogP contribution in [0.4, 0.5) is 15.4 Å². The number of imidazole rings is 1. The lowest BCUT2D eigenvalue weighted by atomic mass is 10.00. The van der Waals surface area contributed by atoms with Gasteiger partial charge in [0.1, 0.15) is 24.6 Å². The molecule has 1 saturated heterocycles. The van der Waals surface area contributed by atoms with E-state index in [2.05, 4.69) is 32.4 Å². The minimum atomic E-state index is -6.12. The Morgan fingerprint density at radius 1 is 0.953 bits per heavy atom. The third-order valence-electron chi connectivity index (χ3n) is 5.37. The molecule has 1 aliphatic rings. The number of ether oxygens (including phenoxy) is 1. The molecule has 2 amide bonds. The number of phosphoric acid groups is 4. The van der Waals surface area contributed by atoms with Crippen molar-refractivity contribution in [3.05, 3.63) is 12.7 Å². The van der Waals surface area contributed by atoms with E-state index < -0.39 is 85.5 Å². The number of nitrogens with zero attached hydrogens (tertiary/aromatic N) is 5.